The summed E-state index contributed by atoms with van der Waals surface area (Å²) in [6, 6.07) is 20.9. The third-order valence-electron chi connectivity index (χ3n) is 4.68. The second-order valence-corrected chi connectivity index (χ2v) is 7.42. The molecule has 6 heteroatoms. The van der Waals surface area contributed by atoms with E-state index in [0.29, 0.717) is 16.6 Å². The van der Waals surface area contributed by atoms with Crippen molar-refractivity contribution in [3.63, 3.8) is 0 Å². The lowest BCUT2D eigenvalue weighted by molar-refractivity contribution is 0.100. The normalized spacial score (nSPS) is 12.2. The van der Waals surface area contributed by atoms with Gasteiger partial charge in [-0.1, -0.05) is 65.7 Å². The third-order valence-corrected chi connectivity index (χ3v) is 5.25. The Morgan fingerprint density at radius 2 is 1.71 bits per heavy atom. The van der Waals surface area contributed by atoms with Crippen LogP contribution in [0.3, 0.4) is 0 Å². The van der Waals surface area contributed by atoms with Crippen molar-refractivity contribution < 1.29 is 13.6 Å². The van der Waals surface area contributed by atoms with Crippen LogP contribution in [0.1, 0.15) is 15.9 Å². The summed E-state index contributed by atoms with van der Waals surface area (Å²) in [7, 11) is 0. The number of rotatable bonds is 5. The first kappa shape index (κ1) is 18.2. The van der Waals surface area contributed by atoms with Crippen molar-refractivity contribution in [2.24, 2.45) is 5.73 Å². The number of hydrogen-bond donors (Lipinski definition) is 2. The number of amides is 1. The number of nitrogens with two attached hydrogens (primary N) is 1. The van der Waals surface area contributed by atoms with Gasteiger partial charge in [0.25, 0.3) is 5.91 Å². The average Bonchev–Trinajstić information content (AvgIpc) is 3.11. The maximum absolute atomic E-state index is 12.1. The van der Waals surface area contributed by atoms with Crippen molar-refractivity contribution in [2.45, 2.75) is 5.75 Å². The van der Waals surface area contributed by atoms with Crippen molar-refractivity contribution in [2.75, 3.05) is 0 Å². The van der Waals surface area contributed by atoms with Gasteiger partial charge in [0.05, 0.1) is 11.1 Å². The molecule has 0 bridgehead atoms. The molecular weight excluding hydrogens is 372 g/mol. The summed E-state index contributed by atoms with van der Waals surface area (Å²) >= 11 is -2.16. The summed E-state index contributed by atoms with van der Waals surface area (Å²) < 4.78 is 22.1. The summed E-state index contributed by atoms with van der Waals surface area (Å²) in [5.41, 5.74) is 11.0. The summed E-state index contributed by atoms with van der Waals surface area (Å²) in [6.45, 7) is 0. The smallest absolute Gasteiger partial charge is 0.250 e. The monoisotopic (exact) mass is 389 g/mol. The number of fused-ring (bicyclic) bond motifs is 1. The molecule has 4 aromatic rings. The van der Waals surface area contributed by atoms with Crippen molar-refractivity contribution in [1.82, 2.24) is 4.98 Å². The molecule has 0 radical (unpaired) electrons. The van der Waals surface area contributed by atoms with E-state index in [1.165, 1.54) is 0 Å². The average molecular weight is 389 g/mol. The predicted molar refractivity (Wildman–Crippen MR) is 110 cm³/mol. The molecule has 0 aliphatic heterocycles. The number of carbonyl (C=O) groups excluding carboxylic acids is 1. The van der Waals surface area contributed by atoms with E-state index in [0.717, 1.165) is 27.6 Å². The van der Waals surface area contributed by atoms with E-state index >= 15 is 0 Å². The molecule has 4 rings (SSSR count). The van der Waals surface area contributed by atoms with Crippen LogP contribution in [0, 0.1) is 0 Å². The van der Waals surface area contributed by atoms with Crippen LogP contribution in [0.25, 0.3) is 33.2 Å². The van der Waals surface area contributed by atoms with Gasteiger partial charge in [0.1, 0.15) is 0 Å². The zero-order valence-corrected chi connectivity index (χ0v) is 15.7. The lowest BCUT2D eigenvalue weighted by Gasteiger charge is -2.09. The predicted octanol–water partition coefficient (Wildman–Crippen LogP) is 3.98. The highest BCUT2D eigenvalue weighted by atomic mass is 32.2. The zero-order valence-electron chi connectivity index (χ0n) is 14.8. The number of carbonyl (C=O) groups is 1. The summed E-state index contributed by atoms with van der Waals surface area (Å²) in [6.07, 6.45) is 1.82. The first-order chi connectivity index (χ1) is 13.5. The number of H-pyrrole nitrogens is 1. The number of aromatic nitrogens is 1. The van der Waals surface area contributed by atoms with Crippen LogP contribution in [0.5, 0.6) is 0 Å². The SMILES string of the molecule is NC(=O)c1cc(-c2ccccc2)cc2c(-c3cccc(CS(=O)[O-])c3)c[nH]c12. The molecule has 28 heavy (non-hydrogen) atoms. The van der Waals surface area contributed by atoms with Crippen LogP contribution < -0.4 is 5.73 Å². The molecule has 0 saturated heterocycles. The van der Waals surface area contributed by atoms with Crippen LogP contribution in [0.2, 0.25) is 0 Å². The molecule has 1 aromatic heterocycles. The fourth-order valence-electron chi connectivity index (χ4n) is 3.43. The standard InChI is InChI=1S/C22H18N2O3S/c23-22(25)19-11-17(15-6-2-1-3-7-15)10-18-20(12-24-21(18)19)16-8-4-5-14(9-16)13-28(26)27/h1-12,24H,13H2,(H2,23,25)(H,26,27)/p-1. The Bertz CT molecular complexity index is 1200. The van der Waals surface area contributed by atoms with Gasteiger partial charge in [-0.25, -0.2) is 0 Å². The van der Waals surface area contributed by atoms with E-state index < -0.39 is 17.0 Å². The van der Waals surface area contributed by atoms with Gasteiger partial charge in [0, 0.05) is 22.9 Å². The Kier molecular flexibility index (Phi) is 4.81. The fourth-order valence-corrected chi connectivity index (χ4v) is 3.88. The lowest BCUT2D eigenvalue weighted by atomic mass is 9.96. The molecule has 3 aromatic carbocycles. The van der Waals surface area contributed by atoms with Crippen molar-refractivity contribution >= 4 is 27.9 Å². The summed E-state index contributed by atoms with van der Waals surface area (Å²) in [4.78, 5) is 15.2. The molecule has 0 fully saturated rings. The Labute approximate surface area is 164 Å². The molecule has 3 N–H and O–H groups in total. The number of hydrogen-bond acceptors (Lipinski definition) is 3. The van der Waals surface area contributed by atoms with Crippen LogP contribution in [-0.4, -0.2) is 19.7 Å². The molecule has 0 aliphatic rings. The van der Waals surface area contributed by atoms with E-state index in [1.54, 1.807) is 12.1 Å². The van der Waals surface area contributed by atoms with Gasteiger partial charge in [-0.05, 0) is 34.4 Å². The highest BCUT2D eigenvalue weighted by Gasteiger charge is 2.15. The van der Waals surface area contributed by atoms with Gasteiger partial charge in [-0.3, -0.25) is 9.00 Å². The molecule has 140 valence electrons. The molecule has 0 spiro atoms. The Morgan fingerprint density at radius 3 is 2.43 bits per heavy atom. The summed E-state index contributed by atoms with van der Waals surface area (Å²) in [5.74, 6) is -0.551. The highest BCUT2D eigenvalue weighted by molar-refractivity contribution is 7.78. The molecule has 1 atom stereocenters. The zero-order chi connectivity index (χ0) is 19.7. The van der Waals surface area contributed by atoms with Crippen LogP contribution >= 0.6 is 0 Å². The molecule has 0 saturated carbocycles. The molecule has 1 unspecified atom stereocenters. The molecule has 5 nitrogen and oxygen atoms in total. The lowest BCUT2D eigenvalue weighted by Crippen LogP contribution is -2.11. The second kappa shape index (κ2) is 7.42. The van der Waals surface area contributed by atoms with E-state index in [1.807, 2.05) is 60.8 Å². The van der Waals surface area contributed by atoms with Crippen LogP contribution in [-0.2, 0) is 16.8 Å². The Morgan fingerprint density at radius 1 is 0.964 bits per heavy atom. The Hall–Kier alpha value is -3.22. The van der Waals surface area contributed by atoms with E-state index in [2.05, 4.69) is 4.98 Å². The van der Waals surface area contributed by atoms with Gasteiger partial charge in [-0.15, -0.1) is 0 Å². The highest BCUT2D eigenvalue weighted by Crippen LogP contribution is 2.34. The van der Waals surface area contributed by atoms with Gasteiger partial charge in [-0.2, -0.15) is 0 Å². The number of benzene rings is 3. The number of aromatic amines is 1. The fraction of sp³-hybridized carbons (Fsp3) is 0.0455. The molecule has 0 aliphatic carbocycles. The van der Waals surface area contributed by atoms with Crippen molar-refractivity contribution in [3.05, 3.63) is 84.1 Å². The number of nitrogens with one attached hydrogen (secondary N) is 1. The van der Waals surface area contributed by atoms with Crippen LogP contribution in [0.4, 0.5) is 0 Å². The van der Waals surface area contributed by atoms with E-state index in [4.69, 9.17) is 5.73 Å². The minimum absolute atomic E-state index is 0.0437. The Balaban J connectivity index is 1.92. The molecule has 1 heterocycles. The topological polar surface area (TPSA) is 99.0 Å². The molecule has 1 amide bonds. The molecular formula is C22H17N2O3S-. The minimum atomic E-state index is -2.16. The van der Waals surface area contributed by atoms with Crippen molar-refractivity contribution in [1.29, 1.82) is 0 Å². The summed E-state index contributed by atoms with van der Waals surface area (Å²) in [5, 5.41) is 0.857. The maximum Gasteiger partial charge on any atom is 0.250 e. The van der Waals surface area contributed by atoms with Gasteiger partial charge in [0.15, 0.2) is 0 Å². The van der Waals surface area contributed by atoms with Gasteiger partial charge < -0.3 is 15.3 Å². The quantitative estimate of drug-likeness (QED) is 0.505. The first-order valence-electron chi connectivity index (χ1n) is 8.68. The van der Waals surface area contributed by atoms with Gasteiger partial charge in [0.2, 0.25) is 0 Å². The number of primary amides is 1. The maximum atomic E-state index is 12.1. The van der Waals surface area contributed by atoms with E-state index in [9.17, 15) is 13.6 Å². The van der Waals surface area contributed by atoms with Gasteiger partial charge >= 0.3 is 0 Å². The van der Waals surface area contributed by atoms with Crippen molar-refractivity contribution in [3.8, 4) is 22.3 Å². The van der Waals surface area contributed by atoms with Crippen LogP contribution in [0.15, 0.2) is 72.9 Å². The first-order valence-corrected chi connectivity index (χ1v) is 9.93. The third kappa shape index (κ3) is 3.47. The van der Waals surface area contributed by atoms with E-state index in [-0.39, 0.29) is 5.75 Å². The second-order valence-electron chi connectivity index (χ2n) is 6.53. The minimum Gasteiger partial charge on any atom is -0.772 e. The largest absolute Gasteiger partial charge is 0.772 e.